The van der Waals surface area contributed by atoms with Crippen molar-refractivity contribution in [1.29, 1.82) is 0 Å². The molecule has 2 atom stereocenters. The van der Waals surface area contributed by atoms with Crippen LogP contribution >= 0.6 is 0 Å². The summed E-state index contributed by atoms with van der Waals surface area (Å²) in [5, 5.41) is 0. The highest BCUT2D eigenvalue weighted by Gasteiger charge is 2.39. The molecule has 2 rings (SSSR count). The Hall–Kier alpha value is -1.91. The van der Waals surface area contributed by atoms with Crippen LogP contribution in [0.4, 0.5) is 4.39 Å². The van der Waals surface area contributed by atoms with Gasteiger partial charge in [-0.15, -0.1) is 0 Å². The number of carbonyl (C=O) groups excluding carboxylic acids is 2. The Morgan fingerprint density at radius 1 is 1.53 bits per heavy atom. The average molecular weight is 265 g/mol. The third kappa shape index (κ3) is 2.59. The van der Waals surface area contributed by atoms with Crippen LogP contribution in [0.25, 0.3) is 0 Å². The summed E-state index contributed by atoms with van der Waals surface area (Å²) in [6.07, 6.45) is 0.768. The number of ether oxygens (including phenoxy) is 1. The lowest BCUT2D eigenvalue weighted by atomic mass is 10.1. The molecule has 0 spiro atoms. The van der Waals surface area contributed by atoms with E-state index in [2.05, 4.69) is 0 Å². The number of carbonyl (C=O) groups is 2. The first-order valence-electron chi connectivity index (χ1n) is 6.19. The summed E-state index contributed by atoms with van der Waals surface area (Å²) in [4.78, 5) is 25.1. The number of methoxy groups -OCH3 is 1. The molecule has 19 heavy (non-hydrogen) atoms. The molecule has 0 aromatic heterocycles. The van der Waals surface area contributed by atoms with Crippen molar-refractivity contribution in [2.45, 2.75) is 31.8 Å². The van der Waals surface area contributed by atoms with E-state index < -0.39 is 12.0 Å². The van der Waals surface area contributed by atoms with Crippen molar-refractivity contribution in [3.63, 3.8) is 0 Å². The topological polar surface area (TPSA) is 46.6 Å². The zero-order valence-corrected chi connectivity index (χ0v) is 10.9. The van der Waals surface area contributed by atoms with Gasteiger partial charge < -0.3 is 9.64 Å². The molecule has 4 nitrogen and oxygen atoms in total. The largest absolute Gasteiger partial charge is 0.467 e. The lowest BCUT2D eigenvalue weighted by molar-refractivity contribution is -0.150. The predicted molar refractivity (Wildman–Crippen MR) is 66.7 cm³/mol. The van der Waals surface area contributed by atoms with Crippen LogP contribution < -0.4 is 0 Å². The van der Waals surface area contributed by atoms with E-state index in [1.54, 1.807) is 19.1 Å². The summed E-state index contributed by atoms with van der Waals surface area (Å²) in [7, 11) is 1.30. The molecule has 1 aliphatic rings. The molecule has 1 heterocycles. The quantitative estimate of drug-likeness (QED) is 0.786. The van der Waals surface area contributed by atoms with Gasteiger partial charge in [-0.1, -0.05) is 12.1 Å². The Balaban J connectivity index is 2.27. The molecular weight excluding hydrogens is 249 g/mol. The standard InChI is InChI=1S/C14H16FNO3/c1-9(10-4-3-5-11(15)8-10)16-12(14(18)19-2)6-7-13(16)17/h3-5,8-9,12H,6-7H2,1-2H3. The van der Waals surface area contributed by atoms with Gasteiger partial charge in [0.2, 0.25) is 5.91 Å². The molecule has 0 aliphatic carbocycles. The molecule has 102 valence electrons. The van der Waals surface area contributed by atoms with Crippen LogP contribution in [0.3, 0.4) is 0 Å². The van der Waals surface area contributed by atoms with Crippen LogP contribution in [0.15, 0.2) is 24.3 Å². The third-order valence-corrected chi connectivity index (χ3v) is 3.48. The summed E-state index contributed by atoms with van der Waals surface area (Å²) >= 11 is 0. The molecule has 1 saturated heterocycles. The Labute approximate surface area is 111 Å². The molecule has 1 aromatic rings. The molecule has 1 fully saturated rings. The molecule has 1 amide bonds. The van der Waals surface area contributed by atoms with E-state index in [0.29, 0.717) is 18.4 Å². The zero-order valence-electron chi connectivity index (χ0n) is 10.9. The Bertz CT molecular complexity index is 503. The van der Waals surface area contributed by atoms with Crippen molar-refractivity contribution in [3.8, 4) is 0 Å². The number of nitrogens with zero attached hydrogens (tertiary/aromatic N) is 1. The minimum Gasteiger partial charge on any atom is -0.467 e. The van der Waals surface area contributed by atoms with Gasteiger partial charge in [-0.05, 0) is 31.0 Å². The first kappa shape index (κ1) is 13.5. The number of benzene rings is 1. The van der Waals surface area contributed by atoms with Crippen molar-refractivity contribution in [3.05, 3.63) is 35.6 Å². The molecule has 0 radical (unpaired) electrons. The highest BCUT2D eigenvalue weighted by atomic mass is 19.1. The summed E-state index contributed by atoms with van der Waals surface area (Å²) in [6.45, 7) is 1.79. The fraction of sp³-hybridized carbons (Fsp3) is 0.429. The van der Waals surface area contributed by atoms with Crippen molar-refractivity contribution in [2.24, 2.45) is 0 Å². The molecule has 2 unspecified atom stereocenters. The van der Waals surface area contributed by atoms with Gasteiger partial charge in [-0.3, -0.25) is 4.79 Å². The van der Waals surface area contributed by atoms with Gasteiger partial charge in [-0.2, -0.15) is 0 Å². The van der Waals surface area contributed by atoms with E-state index in [1.807, 2.05) is 0 Å². The Morgan fingerprint density at radius 2 is 2.26 bits per heavy atom. The number of hydrogen-bond acceptors (Lipinski definition) is 3. The van der Waals surface area contributed by atoms with Crippen molar-refractivity contribution < 1.29 is 18.7 Å². The monoisotopic (exact) mass is 265 g/mol. The van der Waals surface area contributed by atoms with E-state index in [-0.39, 0.29) is 17.8 Å². The van der Waals surface area contributed by atoms with Crippen molar-refractivity contribution in [1.82, 2.24) is 4.90 Å². The lowest BCUT2D eigenvalue weighted by Gasteiger charge is -2.29. The van der Waals surface area contributed by atoms with Gasteiger partial charge >= 0.3 is 5.97 Å². The minimum absolute atomic E-state index is 0.104. The predicted octanol–water partition coefficient (Wildman–Crippen LogP) is 2.05. The SMILES string of the molecule is COC(=O)C1CCC(=O)N1C(C)c1cccc(F)c1. The second-order valence-electron chi connectivity index (χ2n) is 4.61. The lowest BCUT2D eigenvalue weighted by Crippen LogP contribution is -2.40. The molecule has 0 bridgehead atoms. The maximum atomic E-state index is 13.2. The summed E-state index contributed by atoms with van der Waals surface area (Å²) in [6, 6.07) is 5.14. The van der Waals surface area contributed by atoms with E-state index in [1.165, 1.54) is 24.1 Å². The van der Waals surface area contributed by atoms with Gasteiger partial charge in [-0.25, -0.2) is 9.18 Å². The fourth-order valence-electron chi connectivity index (χ4n) is 2.48. The molecule has 5 heteroatoms. The van der Waals surface area contributed by atoms with Crippen LogP contribution in [0.5, 0.6) is 0 Å². The van der Waals surface area contributed by atoms with E-state index in [4.69, 9.17) is 4.74 Å². The Kier molecular flexibility index (Phi) is 3.83. The van der Waals surface area contributed by atoms with Gasteiger partial charge in [0, 0.05) is 6.42 Å². The van der Waals surface area contributed by atoms with Crippen LogP contribution in [0.1, 0.15) is 31.4 Å². The van der Waals surface area contributed by atoms with Gasteiger partial charge in [0.15, 0.2) is 0 Å². The molecule has 0 saturated carbocycles. The zero-order chi connectivity index (χ0) is 14.0. The van der Waals surface area contributed by atoms with Crippen LogP contribution in [0.2, 0.25) is 0 Å². The maximum absolute atomic E-state index is 13.2. The number of halogens is 1. The van der Waals surface area contributed by atoms with Crippen molar-refractivity contribution in [2.75, 3.05) is 7.11 Å². The Morgan fingerprint density at radius 3 is 2.89 bits per heavy atom. The summed E-state index contributed by atoms with van der Waals surface area (Å²) < 4.78 is 18.0. The number of amides is 1. The maximum Gasteiger partial charge on any atom is 0.328 e. The molecule has 0 N–H and O–H groups in total. The number of esters is 1. The van der Waals surface area contributed by atoms with E-state index in [0.717, 1.165) is 0 Å². The van der Waals surface area contributed by atoms with Crippen LogP contribution in [0, 0.1) is 5.82 Å². The highest BCUT2D eigenvalue weighted by molar-refractivity contribution is 5.88. The first-order valence-corrected chi connectivity index (χ1v) is 6.19. The fourth-order valence-corrected chi connectivity index (χ4v) is 2.48. The molecular formula is C14H16FNO3. The van der Waals surface area contributed by atoms with Gasteiger partial charge in [0.1, 0.15) is 11.9 Å². The van der Waals surface area contributed by atoms with Crippen LogP contribution in [-0.2, 0) is 14.3 Å². The van der Waals surface area contributed by atoms with Crippen LogP contribution in [-0.4, -0.2) is 29.9 Å². The van der Waals surface area contributed by atoms with Gasteiger partial charge in [0.25, 0.3) is 0 Å². The first-order chi connectivity index (χ1) is 9.04. The van der Waals surface area contributed by atoms with Gasteiger partial charge in [0.05, 0.1) is 13.2 Å². The summed E-state index contributed by atoms with van der Waals surface area (Å²) in [5.74, 6) is -0.883. The number of likely N-dealkylation sites (tertiary alicyclic amines) is 1. The second-order valence-corrected chi connectivity index (χ2v) is 4.61. The van der Waals surface area contributed by atoms with E-state index >= 15 is 0 Å². The average Bonchev–Trinajstić information content (AvgIpc) is 2.79. The molecule has 1 aliphatic heterocycles. The molecule has 1 aromatic carbocycles. The number of rotatable bonds is 3. The third-order valence-electron chi connectivity index (χ3n) is 3.48. The van der Waals surface area contributed by atoms with E-state index in [9.17, 15) is 14.0 Å². The highest BCUT2D eigenvalue weighted by Crippen LogP contribution is 2.30. The van der Waals surface area contributed by atoms with Crippen molar-refractivity contribution >= 4 is 11.9 Å². The summed E-state index contributed by atoms with van der Waals surface area (Å²) in [5.41, 5.74) is 0.671. The second kappa shape index (κ2) is 5.38. The normalized spacial score (nSPS) is 20.5. The smallest absolute Gasteiger partial charge is 0.328 e. The number of hydrogen-bond donors (Lipinski definition) is 0. The minimum atomic E-state index is -0.573.